The number of methoxy groups -OCH3 is 1. The molecule has 78 valence electrons. The minimum Gasteiger partial charge on any atom is -0.469 e. The van der Waals surface area contributed by atoms with E-state index in [4.69, 9.17) is 4.52 Å². The summed E-state index contributed by atoms with van der Waals surface area (Å²) in [6.45, 7) is 1.40. The van der Waals surface area contributed by atoms with Gasteiger partial charge in [-0.1, -0.05) is 5.16 Å². The third kappa shape index (κ3) is 4.04. The molecule has 0 spiro atoms. The minimum atomic E-state index is -0.175. The number of hydrogen-bond donors (Lipinski definition) is 1. The highest BCUT2D eigenvalue weighted by molar-refractivity contribution is 5.68. The van der Waals surface area contributed by atoms with Crippen LogP contribution in [0.5, 0.6) is 0 Å². The van der Waals surface area contributed by atoms with E-state index >= 15 is 0 Å². The summed E-state index contributed by atoms with van der Waals surface area (Å²) in [5, 5.41) is 6.70. The lowest BCUT2D eigenvalue weighted by Crippen LogP contribution is -2.15. The van der Waals surface area contributed by atoms with Crippen molar-refractivity contribution in [2.75, 3.05) is 13.7 Å². The van der Waals surface area contributed by atoms with Crippen LogP contribution in [0.4, 0.5) is 0 Å². The second-order valence-corrected chi connectivity index (χ2v) is 2.84. The average molecular weight is 198 g/mol. The van der Waals surface area contributed by atoms with Crippen molar-refractivity contribution in [3.05, 3.63) is 18.0 Å². The Morgan fingerprint density at radius 3 is 3.21 bits per heavy atom. The Hall–Kier alpha value is -1.36. The summed E-state index contributed by atoms with van der Waals surface area (Å²) in [5.74, 6) is 0.620. The first kappa shape index (κ1) is 10.7. The lowest BCUT2D eigenvalue weighted by Gasteiger charge is -2.00. The summed E-state index contributed by atoms with van der Waals surface area (Å²) in [4.78, 5) is 10.7. The maximum Gasteiger partial charge on any atom is 0.305 e. The summed E-state index contributed by atoms with van der Waals surface area (Å²) in [5.41, 5.74) is 0. The number of carbonyl (C=O) groups is 1. The molecule has 0 unspecified atom stereocenters. The molecule has 0 saturated heterocycles. The van der Waals surface area contributed by atoms with E-state index in [2.05, 4.69) is 15.2 Å². The number of nitrogens with zero attached hydrogens (tertiary/aromatic N) is 1. The summed E-state index contributed by atoms with van der Waals surface area (Å²) < 4.78 is 9.39. The van der Waals surface area contributed by atoms with Crippen LogP contribution >= 0.6 is 0 Å². The molecule has 1 aromatic rings. The lowest BCUT2D eigenvalue weighted by atomic mass is 10.3. The van der Waals surface area contributed by atoms with Crippen LogP contribution in [-0.2, 0) is 16.1 Å². The SMILES string of the molecule is COC(=O)CCCNCc1ccno1. The molecule has 0 radical (unpaired) electrons. The normalized spacial score (nSPS) is 10.1. The largest absolute Gasteiger partial charge is 0.469 e. The van der Waals surface area contributed by atoms with Crippen molar-refractivity contribution in [3.63, 3.8) is 0 Å². The van der Waals surface area contributed by atoms with E-state index in [1.54, 1.807) is 12.3 Å². The van der Waals surface area contributed by atoms with Crippen molar-refractivity contribution < 1.29 is 14.1 Å². The second-order valence-electron chi connectivity index (χ2n) is 2.84. The predicted molar refractivity (Wildman–Crippen MR) is 49.5 cm³/mol. The van der Waals surface area contributed by atoms with E-state index in [1.807, 2.05) is 0 Å². The molecular weight excluding hydrogens is 184 g/mol. The van der Waals surface area contributed by atoms with Crippen molar-refractivity contribution in [2.45, 2.75) is 19.4 Å². The molecule has 0 saturated carbocycles. The van der Waals surface area contributed by atoms with E-state index in [0.717, 1.165) is 18.7 Å². The third-order valence-electron chi connectivity index (χ3n) is 1.75. The zero-order valence-corrected chi connectivity index (χ0v) is 8.16. The van der Waals surface area contributed by atoms with Crippen molar-refractivity contribution in [2.24, 2.45) is 0 Å². The highest BCUT2D eigenvalue weighted by atomic mass is 16.5. The molecule has 1 heterocycles. The molecule has 14 heavy (non-hydrogen) atoms. The molecule has 1 aromatic heterocycles. The van der Waals surface area contributed by atoms with Crippen LogP contribution in [0.2, 0.25) is 0 Å². The quantitative estimate of drug-likeness (QED) is 0.539. The van der Waals surface area contributed by atoms with Crippen molar-refractivity contribution in [1.82, 2.24) is 10.5 Å². The summed E-state index contributed by atoms with van der Waals surface area (Å²) >= 11 is 0. The minimum absolute atomic E-state index is 0.175. The fourth-order valence-electron chi connectivity index (χ4n) is 1.00. The molecule has 0 aliphatic rings. The monoisotopic (exact) mass is 198 g/mol. The summed E-state index contributed by atoms with van der Waals surface area (Å²) in [6, 6.07) is 1.80. The number of esters is 1. The fourth-order valence-corrected chi connectivity index (χ4v) is 1.00. The van der Waals surface area contributed by atoms with Crippen molar-refractivity contribution in [1.29, 1.82) is 0 Å². The van der Waals surface area contributed by atoms with Crippen LogP contribution in [-0.4, -0.2) is 24.8 Å². The van der Waals surface area contributed by atoms with Gasteiger partial charge in [-0.3, -0.25) is 4.79 Å². The Morgan fingerprint density at radius 2 is 2.57 bits per heavy atom. The highest BCUT2D eigenvalue weighted by Gasteiger charge is 1.99. The zero-order chi connectivity index (χ0) is 10.2. The average Bonchev–Trinajstić information content (AvgIpc) is 2.69. The van der Waals surface area contributed by atoms with Crippen LogP contribution < -0.4 is 5.32 Å². The van der Waals surface area contributed by atoms with Crippen LogP contribution in [0.3, 0.4) is 0 Å². The zero-order valence-electron chi connectivity index (χ0n) is 8.16. The van der Waals surface area contributed by atoms with Crippen LogP contribution in [0.25, 0.3) is 0 Å². The van der Waals surface area contributed by atoms with Crippen LogP contribution in [0.15, 0.2) is 16.8 Å². The Balaban J connectivity index is 1.97. The van der Waals surface area contributed by atoms with E-state index in [-0.39, 0.29) is 5.97 Å². The van der Waals surface area contributed by atoms with E-state index in [0.29, 0.717) is 13.0 Å². The van der Waals surface area contributed by atoms with Gasteiger partial charge in [0.2, 0.25) is 0 Å². The van der Waals surface area contributed by atoms with E-state index < -0.39 is 0 Å². The molecule has 0 aliphatic heterocycles. The van der Waals surface area contributed by atoms with Gasteiger partial charge in [-0.05, 0) is 13.0 Å². The van der Waals surface area contributed by atoms with Gasteiger partial charge in [-0.2, -0.15) is 0 Å². The van der Waals surface area contributed by atoms with Gasteiger partial charge in [-0.25, -0.2) is 0 Å². The maximum atomic E-state index is 10.7. The molecule has 0 amide bonds. The number of aromatic nitrogens is 1. The number of ether oxygens (including phenoxy) is 1. The number of carbonyl (C=O) groups excluding carboxylic acids is 1. The number of nitrogens with one attached hydrogen (secondary N) is 1. The Kier molecular flexibility index (Phi) is 4.71. The summed E-state index contributed by atoms with van der Waals surface area (Å²) in [6.07, 6.45) is 2.81. The maximum absolute atomic E-state index is 10.7. The first-order chi connectivity index (χ1) is 6.83. The van der Waals surface area contributed by atoms with Crippen LogP contribution in [0, 0.1) is 0 Å². The topological polar surface area (TPSA) is 64.4 Å². The Bertz CT molecular complexity index is 259. The van der Waals surface area contributed by atoms with Gasteiger partial charge in [0, 0.05) is 12.5 Å². The molecule has 5 nitrogen and oxygen atoms in total. The number of hydrogen-bond acceptors (Lipinski definition) is 5. The fraction of sp³-hybridized carbons (Fsp3) is 0.556. The summed E-state index contributed by atoms with van der Waals surface area (Å²) in [7, 11) is 1.39. The molecular formula is C9H14N2O3. The van der Waals surface area contributed by atoms with Gasteiger partial charge in [0.15, 0.2) is 0 Å². The van der Waals surface area contributed by atoms with Gasteiger partial charge in [0.25, 0.3) is 0 Å². The van der Waals surface area contributed by atoms with Gasteiger partial charge >= 0.3 is 5.97 Å². The third-order valence-corrected chi connectivity index (χ3v) is 1.75. The standard InChI is InChI=1S/C9H14N2O3/c1-13-9(12)3-2-5-10-7-8-4-6-11-14-8/h4,6,10H,2-3,5,7H2,1H3. The Labute approximate surface area is 82.4 Å². The number of rotatable bonds is 6. The lowest BCUT2D eigenvalue weighted by molar-refractivity contribution is -0.140. The van der Waals surface area contributed by atoms with Crippen LogP contribution in [0.1, 0.15) is 18.6 Å². The molecule has 1 rings (SSSR count). The van der Waals surface area contributed by atoms with Gasteiger partial charge in [-0.15, -0.1) is 0 Å². The second kappa shape index (κ2) is 6.15. The molecule has 0 fully saturated rings. The van der Waals surface area contributed by atoms with Crippen molar-refractivity contribution >= 4 is 5.97 Å². The first-order valence-electron chi connectivity index (χ1n) is 4.50. The van der Waals surface area contributed by atoms with Gasteiger partial charge in [0.1, 0.15) is 5.76 Å². The molecule has 0 bridgehead atoms. The smallest absolute Gasteiger partial charge is 0.305 e. The molecule has 1 N–H and O–H groups in total. The molecule has 5 heteroatoms. The van der Waals surface area contributed by atoms with E-state index in [1.165, 1.54) is 7.11 Å². The van der Waals surface area contributed by atoms with Crippen molar-refractivity contribution in [3.8, 4) is 0 Å². The first-order valence-corrected chi connectivity index (χ1v) is 4.50. The van der Waals surface area contributed by atoms with E-state index in [9.17, 15) is 4.79 Å². The molecule has 0 aliphatic carbocycles. The highest BCUT2D eigenvalue weighted by Crippen LogP contribution is 1.95. The van der Waals surface area contributed by atoms with Gasteiger partial charge in [0.05, 0.1) is 19.9 Å². The molecule has 0 atom stereocenters. The van der Waals surface area contributed by atoms with Gasteiger partial charge < -0.3 is 14.6 Å². The molecule has 0 aromatic carbocycles. The Morgan fingerprint density at radius 1 is 1.71 bits per heavy atom. The predicted octanol–water partition coefficient (Wildman–Crippen LogP) is 0.717.